The van der Waals surface area contributed by atoms with Crippen LogP contribution in [0.4, 0.5) is 0 Å². The predicted molar refractivity (Wildman–Crippen MR) is 118 cm³/mol. The summed E-state index contributed by atoms with van der Waals surface area (Å²) in [4.78, 5) is 14.9. The Morgan fingerprint density at radius 2 is 1.87 bits per heavy atom. The first-order valence-electron chi connectivity index (χ1n) is 9.88. The number of ether oxygens (including phenoxy) is 1. The van der Waals surface area contributed by atoms with Crippen molar-refractivity contribution in [1.29, 1.82) is 0 Å². The number of amides is 1. The second-order valence-corrected chi connectivity index (χ2v) is 8.37. The van der Waals surface area contributed by atoms with E-state index >= 15 is 0 Å². The molecule has 1 heterocycles. The van der Waals surface area contributed by atoms with Gasteiger partial charge in [-0.05, 0) is 37.5 Å². The molecule has 30 heavy (non-hydrogen) atoms. The molecule has 0 atom stereocenters. The van der Waals surface area contributed by atoms with Crippen molar-refractivity contribution in [3.8, 4) is 17.1 Å². The molecule has 1 aliphatic rings. The lowest BCUT2D eigenvalue weighted by atomic mass is 10.1. The van der Waals surface area contributed by atoms with Crippen LogP contribution in [0.25, 0.3) is 11.4 Å². The van der Waals surface area contributed by atoms with E-state index in [-0.39, 0.29) is 11.7 Å². The number of aromatic nitrogens is 3. The Balaban J connectivity index is 1.40. The van der Waals surface area contributed by atoms with Crippen molar-refractivity contribution >= 4 is 17.7 Å². The van der Waals surface area contributed by atoms with E-state index in [0.717, 1.165) is 29.7 Å². The van der Waals surface area contributed by atoms with Gasteiger partial charge in [-0.3, -0.25) is 4.79 Å². The van der Waals surface area contributed by atoms with E-state index < -0.39 is 0 Å². The van der Waals surface area contributed by atoms with Crippen molar-refractivity contribution in [3.63, 3.8) is 0 Å². The van der Waals surface area contributed by atoms with Gasteiger partial charge in [0.25, 0.3) is 0 Å². The fourth-order valence-electron chi connectivity index (χ4n) is 3.22. The summed E-state index contributed by atoms with van der Waals surface area (Å²) in [6.07, 6.45) is 2.11. The molecule has 0 spiro atoms. The Morgan fingerprint density at radius 1 is 1.17 bits per heavy atom. The largest absolute Gasteiger partial charge is 0.497 e. The Morgan fingerprint density at radius 3 is 2.50 bits per heavy atom. The summed E-state index contributed by atoms with van der Waals surface area (Å²) in [6.45, 7) is 2.62. The molecule has 4 rings (SSSR count). The van der Waals surface area contributed by atoms with Crippen molar-refractivity contribution in [2.24, 2.45) is 0 Å². The highest BCUT2D eigenvalue weighted by Crippen LogP contribution is 2.30. The zero-order chi connectivity index (χ0) is 21.1. The zero-order valence-corrected chi connectivity index (χ0v) is 17.9. The van der Waals surface area contributed by atoms with Gasteiger partial charge in [-0.1, -0.05) is 53.7 Å². The van der Waals surface area contributed by atoms with Crippen LogP contribution in [-0.2, 0) is 11.3 Å². The lowest BCUT2D eigenvalue weighted by molar-refractivity contribution is -0.129. The number of carbonyl (C=O) groups is 1. The monoisotopic (exact) mass is 423 g/mol. The summed E-state index contributed by atoms with van der Waals surface area (Å²) in [7, 11) is 1.65. The average molecular weight is 424 g/mol. The number of nitrogen functional groups attached to an aromatic ring is 1. The number of rotatable bonds is 8. The van der Waals surface area contributed by atoms with Gasteiger partial charge in [-0.2, -0.15) is 0 Å². The molecule has 0 unspecified atom stereocenters. The molecule has 7 nitrogen and oxygen atoms in total. The van der Waals surface area contributed by atoms with Crippen LogP contribution in [-0.4, -0.2) is 44.6 Å². The highest BCUT2D eigenvalue weighted by Gasteiger charge is 2.32. The van der Waals surface area contributed by atoms with Gasteiger partial charge in [0, 0.05) is 18.2 Å². The predicted octanol–water partition coefficient (Wildman–Crippen LogP) is 3.26. The van der Waals surface area contributed by atoms with Gasteiger partial charge in [0.1, 0.15) is 5.75 Å². The third kappa shape index (κ3) is 4.59. The van der Waals surface area contributed by atoms with E-state index in [1.54, 1.807) is 7.11 Å². The van der Waals surface area contributed by atoms with Gasteiger partial charge < -0.3 is 15.5 Å². The normalized spacial score (nSPS) is 13.3. The van der Waals surface area contributed by atoms with Gasteiger partial charge >= 0.3 is 0 Å². The minimum Gasteiger partial charge on any atom is -0.497 e. The van der Waals surface area contributed by atoms with E-state index in [9.17, 15) is 4.79 Å². The second-order valence-electron chi connectivity index (χ2n) is 7.43. The maximum atomic E-state index is 12.9. The molecule has 2 N–H and O–H groups in total. The summed E-state index contributed by atoms with van der Waals surface area (Å²) >= 11 is 1.32. The first kappa shape index (κ1) is 20.3. The molecule has 0 bridgehead atoms. The van der Waals surface area contributed by atoms with Gasteiger partial charge in [0.2, 0.25) is 11.1 Å². The van der Waals surface area contributed by atoms with Gasteiger partial charge in [0.15, 0.2) is 5.82 Å². The molecule has 2 aromatic carbocycles. The van der Waals surface area contributed by atoms with Crippen molar-refractivity contribution in [3.05, 3.63) is 59.7 Å². The first-order chi connectivity index (χ1) is 14.5. The van der Waals surface area contributed by atoms with Gasteiger partial charge in [-0.25, -0.2) is 4.68 Å². The second kappa shape index (κ2) is 8.79. The molecule has 0 radical (unpaired) electrons. The quantitative estimate of drug-likeness (QED) is 0.442. The molecule has 1 amide bonds. The van der Waals surface area contributed by atoms with Gasteiger partial charge in [-0.15, -0.1) is 10.2 Å². The number of nitrogens with two attached hydrogens (primary N) is 1. The maximum Gasteiger partial charge on any atom is 0.233 e. The SMILES string of the molecule is COc1ccc(CN(C(=O)CSc2nnc(-c3ccc(C)cc3)n2N)C2CC2)cc1. The number of thioether (sulfide) groups is 1. The fraction of sp³-hybridized carbons (Fsp3) is 0.318. The Labute approximate surface area is 180 Å². The lowest BCUT2D eigenvalue weighted by Gasteiger charge is -2.22. The number of carbonyl (C=O) groups excluding carboxylic acids is 1. The first-order valence-corrected chi connectivity index (χ1v) is 10.9. The number of methoxy groups -OCH3 is 1. The van der Waals surface area contributed by atoms with E-state index in [0.29, 0.717) is 23.6 Å². The van der Waals surface area contributed by atoms with E-state index in [2.05, 4.69) is 10.2 Å². The molecular formula is C22H25N5O2S. The Hall–Kier alpha value is -3.00. The average Bonchev–Trinajstić information content (AvgIpc) is 3.54. The summed E-state index contributed by atoms with van der Waals surface area (Å²) in [5.41, 5.74) is 3.15. The number of aryl methyl sites for hydroxylation is 1. The number of hydrogen-bond acceptors (Lipinski definition) is 6. The molecule has 1 aliphatic carbocycles. The van der Waals surface area contributed by atoms with Crippen LogP contribution in [0.2, 0.25) is 0 Å². The molecule has 1 fully saturated rings. The van der Waals surface area contributed by atoms with Gasteiger partial charge in [0.05, 0.1) is 12.9 Å². The molecule has 1 aromatic heterocycles. The molecule has 0 aliphatic heterocycles. The topological polar surface area (TPSA) is 86.3 Å². The Bertz CT molecular complexity index is 1010. The van der Waals surface area contributed by atoms with Crippen LogP contribution in [0.15, 0.2) is 53.7 Å². The maximum absolute atomic E-state index is 12.9. The number of hydrogen-bond donors (Lipinski definition) is 1. The number of benzene rings is 2. The van der Waals surface area contributed by atoms with E-state index in [1.165, 1.54) is 22.0 Å². The zero-order valence-electron chi connectivity index (χ0n) is 17.1. The third-order valence-corrected chi connectivity index (χ3v) is 6.05. The van der Waals surface area contributed by atoms with Crippen LogP contribution in [0.5, 0.6) is 5.75 Å². The minimum atomic E-state index is 0.0817. The molecular weight excluding hydrogens is 398 g/mol. The van der Waals surface area contributed by atoms with Crippen LogP contribution < -0.4 is 10.6 Å². The third-order valence-electron chi connectivity index (χ3n) is 5.12. The molecule has 8 heteroatoms. The van der Waals surface area contributed by atoms with Crippen LogP contribution >= 0.6 is 11.8 Å². The van der Waals surface area contributed by atoms with E-state index in [1.807, 2.05) is 60.4 Å². The fourth-order valence-corrected chi connectivity index (χ4v) is 3.96. The molecule has 1 saturated carbocycles. The van der Waals surface area contributed by atoms with Crippen molar-refractivity contribution < 1.29 is 9.53 Å². The van der Waals surface area contributed by atoms with Crippen LogP contribution in [0.1, 0.15) is 24.0 Å². The number of nitrogens with zero attached hydrogens (tertiary/aromatic N) is 4. The lowest BCUT2D eigenvalue weighted by Crippen LogP contribution is -2.34. The van der Waals surface area contributed by atoms with Crippen LogP contribution in [0.3, 0.4) is 0 Å². The summed E-state index contributed by atoms with van der Waals surface area (Å²) in [5.74, 6) is 7.94. The van der Waals surface area contributed by atoms with Crippen molar-refractivity contribution in [2.75, 3.05) is 18.7 Å². The molecule has 156 valence electrons. The smallest absolute Gasteiger partial charge is 0.233 e. The molecule has 3 aromatic rings. The highest BCUT2D eigenvalue weighted by atomic mass is 32.2. The summed E-state index contributed by atoms with van der Waals surface area (Å²) < 4.78 is 6.66. The minimum absolute atomic E-state index is 0.0817. The van der Waals surface area contributed by atoms with Crippen molar-refractivity contribution in [2.45, 2.75) is 37.5 Å². The van der Waals surface area contributed by atoms with Crippen LogP contribution in [0, 0.1) is 6.92 Å². The standard InChI is InChI=1S/C22H25N5O2S/c1-15-3-7-17(8-4-15)21-24-25-22(27(21)23)30-14-20(28)26(18-9-10-18)13-16-5-11-19(29-2)12-6-16/h3-8,11-12,18H,9-10,13-14,23H2,1-2H3. The highest BCUT2D eigenvalue weighted by molar-refractivity contribution is 7.99. The van der Waals surface area contributed by atoms with Crippen molar-refractivity contribution in [1.82, 2.24) is 19.8 Å². The summed E-state index contributed by atoms with van der Waals surface area (Å²) in [5, 5.41) is 8.90. The van der Waals surface area contributed by atoms with E-state index in [4.69, 9.17) is 10.6 Å². The Kier molecular flexibility index (Phi) is 5.94. The molecule has 0 saturated heterocycles. The summed E-state index contributed by atoms with van der Waals surface area (Å²) in [6, 6.07) is 16.1.